The largest absolute Gasteiger partial charge is 0.493 e. The summed E-state index contributed by atoms with van der Waals surface area (Å²) in [5.74, 6) is 1.45. The van der Waals surface area contributed by atoms with E-state index in [0.717, 1.165) is 5.56 Å². The van der Waals surface area contributed by atoms with Gasteiger partial charge in [-0.15, -0.1) is 0 Å². The zero-order chi connectivity index (χ0) is 15.4. The van der Waals surface area contributed by atoms with Crippen LogP contribution in [0.15, 0.2) is 30.6 Å². The van der Waals surface area contributed by atoms with Gasteiger partial charge in [0, 0.05) is 23.5 Å². The van der Waals surface area contributed by atoms with Crippen LogP contribution in [0.25, 0.3) is 0 Å². The molecule has 112 valence electrons. The molecule has 0 saturated heterocycles. The van der Waals surface area contributed by atoms with Gasteiger partial charge >= 0.3 is 0 Å². The monoisotopic (exact) mass is 289 g/mol. The van der Waals surface area contributed by atoms with Crippen molar-refractivity contribution in [2.24, 2.45) is 0 Å². The summed E-state index contributed by atoms with van der Waals surface area (Å²) in [7, 11) is 4.62. The van der Waals surface area contributed by atoms with Crippen molar-refractivity contribution in [2.45, 2.75) is 13.0 Å². The van der Waals surface area contributed by atoms with E-state index in [1.165, 1.54) is 14.2 Å². The number of benzene rings is 1. The first-order valence-corrected chi connectivity index (χ1v) is 6.50. The van der Waals surface area contributed by atoms with Crippen LogP contribution in [-0.4, -0.2) is 31.4 Å². The first-order chi connectivity index (χ1) is 10.1. The number of rotatable bonds is 5. The number of aliphatic hydroxyl groups is 1. The third-order valence-electron chi connectivity index (χ3n) is 3.24. The van der Waals surface area contributed by atoms with Crippen molar-refractivity contribution < 1.29 is 19.3 Å². The topological polar surface area (TPSA) is 60.8 Å². The maximum atomic E-state index is 10.6. The molecule has 21 heavy (non-hydrogen) atoms. The van der Waals surface area contributed by atoms with Crippen molar-refractivity contribution in [3.8, 4) is 17.2 Å². The summed E-state index contributed by atoms with van der Waals surface area (Å²) >= 11 is 0. The fourth-order valence-corrected chi connectivity index (χ4v) is 2.25. The number of nitrogens with zero attached hydrogens (tertiary/aromatic N) is 1. The number of aliphatic hydroxyl groups excluding tert-OH is 1. The summed E-state index contributed by atoms with van der Waals surface area (Å²) in [4.78, 5) is 4.11. The highest BCUT2D eigenvalue weighted by atomic mass is 16.5. The van der Waals surface area contributed by atoms with Crippen molar-refractivity contribution in [2.75, 3.05) is 21.3 Å². The van der Waals surface area contributed by atoms with Crippen LogP contribution in [0.1, 0.15) is 22.8 Å². The molecule has 1 heterocycles. The van der Waals surface area contributed by atoms with Crippen LogP contribution in [0.4, 0.5) is 0 Å². The van der Waals surface area contributed by atoms with Crippen LogP contribution in [0.2, 0.25) is 0 Å². The maximum absolute atomic E-state index is 10.6. The van der Waals surface area contributed by atoms with Gasteiger partial charge in [0.2, 0.25) is 5.75 Å². The van der Waals surface area contributed by atoms with E-state index in [4.69, 9.17) is 14.2 Å². The highest BCUT2D eigenvalue weighted by Crippen LogP contribution is 2.43. The molecule has 5 nitrogen and oxygen atoms in total. The van der Waals surface area contributed by atoms with Crippen molar-refractivity contribution in [3.05, 3.63) is 47.3 Å². The number of aryl methyl sites for hydroxylation is 1. The quantitative estimate of drug-likeness (QED) is 0.916. The fraction of sp³-hybridized carbons (Fsp3) is 0.312. The van der Waals surface area contributed by atoms with Gasteiger partial charge in [0.15, 0.2) is 11.5 Å². The first-order valence-electron chi connectivity index (χ1n) is 6.50. The molecule has 0 radical (unpaired) electrons. The predicted octanol–water partition coefficient (Wildman–Crippen LogP) is 2.50. The van der Waals surface area contributed by atoms with Gasteiger partial charge < -0.3 is 19.3 Å². The molecule has 1 atom stereocenters. The number of aromatic nitrogens is 1. The number of hydrogen-bond donors (Lipinski definition) is 1. The van der Waals surface area contributed by atoms with Gasteiger partial charge in [-0.2, -0.15) is 0 Å². The number of methoxy groups -OCH3 is 3. The molecule has 5 heteroatoms. The molecule has 0 aliphatic carbocycles. The molecular formula is C16H19NO4. The molecule has 2 aromatic rings. The molecule has 1 aromatic heterocycles. The molecule has 1 N–H and O–H groups in total. The summed E-state index contributed by atoms with van der Waals surface area (Å²) in [6, 6.07) is 5.38. The zero-order valence-electron chi connectivity index (χ0n) is 12.6. The Kier molecular flexibility index (Phi) is 4.65. The van der Waals surface area contributed by atoms with Crippen LogP contribution < -0.4 is 14.2 Å². The van der Waals surface area contributed by atoms with Crippen LogP contribution in [0, 0.1) is 6.92 Å². The Morgan fingerprint density at radius 3 is 2.29 bits per heavy atom. The Morgan fingerprint density at radius 2 is 1.71 bits per heavy atom. The molecule has 0 aliphatic heterocycles. The van der Waals surface area contributed by atoms with E-state index in [9.17, 15) is 5.11 Å². The predicted molar refractivity (Wildman–Crippen MR) is 79.1 cm³/mol. The highest BCUT2D eigenvalue weighted by Gasteiger charge is 2.22. The highest BCUT2D eigenvalue weighted by molar-refractivity contribution is 5.57. The van der Waals surface area contributed by atoms with E-state index in [1.54, 1.807) is 31.6 Å². The van der Waals surface area contributed by atoms with Gasteiger partial charge in [-0.1, -0.05) is 6.07 Å². The van der Waals surface area contributed by atoms with Gasteiger partial charge in [0.1, 0.15) is 6.10 Å². The number of hydrogen-bond acceptors (Lipinski definition) is 5. The molecule has 0 aliphatic rings. The van der Waals surface area contributed by atoms with Crippen molar-refractivity contribution in [1.29, 1.82) is 0 Å². The smallest absolute Gasteiger partial charge is 0.203 e. The van der Waals surface area contributed by atoms with Gasteiger partial charge in [0.25, 0.3) is 0 Å². The summed E-state index contributed by atoms with van der Waals surface area (Å²) in [5.41, 5.74) is 2.27. The molecule has 1 aromatic carbocycles. The minimum atomic E-state index is -0.854. The standard InChI is InChI=1S/C16H19NO4/c1-10-7-11(9-17-8-10)14(18)12-5-6-13(19-2)16(21-4)15(12)20-3/h5-9,14,18H,1-4H3. The van der Waals surface area contributed by atoms with Gasteiger partial charge in [-0.25, -0.2) is 0 Å². The Bertz CT molecular complexity index is 628. The lowest BCUT2D eigenvalue weighted by Gasteiger charge is -2.19. The Morgan fingerprint density at radius 1 is 1.00 bits per heavy atom. The molecule has 1 unspecified atom stereocenters. The van der Waals surface area contributed by atoms with E-state index in [1.807, 2.05) is 13.0 Å². The fourth-order valence-electron chi connectivity index (χ4n) is 2.25. The number of ether oxygens (including phenoxy) is 3. The van der Waals surface area contributed by atoms with Gasteiger partial charge in [0.05, 0.1) is 21.3 Å². The normalized spacial score (nSPS) is 11.9. The third-order valence-corrected chi connectivity index (χ3v) is 3.24. The average molecular weight is 289 g/mol. The van der Waals surface area contributed by atoms with E-state index in [-0.39, 0.29) is 0 Å². The Balaban J connectivity index is 2.53. The summed E-state index contributed by atoms with van der Waals surface area (Å²) in [6.45, 7) is 1.93. The second kappa shape index (κ2) is 6.45. The minimum Gasteiger partial charge on any atom is -0.493 e. The van der Waals surface area contributed by atoms with Crippen molar-refractivity contribution in [3.63, 3.8) is 0 Å². The van der Waals surface area contributed by atoms with Gasteiger partial charge in [-0.05, 0) is 24.6 Å². The number of pyridine rings is 1. The Hall–Kier alpha value is -2.27. The second-order valence-electron chi connectivity index (χ2n) is 4.62. The Labute approximate surface area is 124 Å². The maximum Gasteiger partial charge on any atom is 0.203 e. The van der Waals surface area contributed by atoms with Crippen LogP contribution in [0.3, 0.4) is 0 Å². The lowest BCUT2D eigenvalue weighted by Crippen LogP contribution is -2.05. The third kappa shape index (κ3) is 2.92. The second-order valence-corrected chi connectivity index (χ2v) is 4.62. The van der Waals surface area contributed by atoms with E-state index in [0.29, 0.717) is 28.4 Å². The molecule has 0 bridgehead atoms. The summed E-state index contributed by atoms with van der Waals surface area (Å²) in [6.07, 6.45) is 2.52. The molecule has 0 amide bonds. The summed E-state index contributed by atoms with van der Waals surface area (Å²) < 4.78 is 16.0. The van der Waals surface area contributed by atoms with Crippen LogP contribution in [0.5, 0.6) is 17.2 Å². The zero-order valence-corrected chi connectivity index (χ0v) is 12.6. The van der Waals surface area contributed by atoms with E-state index >= 15 is 0 Å². The molecule has 0 saturated carbocycles. The van der Waals surface area contributed by atoms with Crippen LogP contribution >= 0.6 is 0 Å². The van der Waals surface area contributed by atoms with Gasteiger partial charge in [-0.3, -0.25) is 4.98 Å². The average Bonchev–Trinajstić information content (AvgIpc) is 2.52. The lowest BCUT2D eigenvalue weighted by molar-refractivity contribution is 0.212. The molecular weight excluding hydrogens is 270 g/mol. The minimum absolute atomic E-state index is 0.450. The SMILES string of the molecule is COc1ccc(C(O)c2cncc(C)c2)c(OC)c1OC. The van der Waals surface area contributed by atoms with Crippen molar-refractivity contribution >= 4 is 0 Å². The van der Waals surface area contributed by atoms with E-state index < -0.39 is 6.10 Å². The molecule has 0 fully saturated rings. The molecule has 0 spiro atoms. The first kappa shape index (κ1) is 15.1. The lowest BCUT2D eigenvalue weighted by atomic mass is 10.0. The van der Waals surface area contributed by atoms with Crippen molar-refractivity contribution in [1.82, 2.24) is 4.98 Å². The van der Waals surface area contributed by atoms with Crippen LogP contribution in [-0.2, 0) is 0 Å². The summed E-state index contributed by atoms with van der Waals surface area (Å²) in [5, 5.41) is 10.6. The molecule has 2 rings (SSSR count). The van der Waals surface area contributed by atoms with E-state index in [2.05, 4.69) is 4.98 Å².